The van der Waals surface area contributed by atoms with Crippen LogP contribution in [0.25, 0.3) is 67.5 Å². The van der Waals surface area contributed by atoms with Crippen LogP contribution in [0.1, 0.15) is 27.8 Å². The van der Waals surface area contributed by atoms with Crippen LogP contribution in [0.2, 0.25) is 0 Å². The van der Waals surface area contributed by atoms with E-state index >= 15 is 0 Å². The molecule has 1 aromatic heterocycles. The molecule has 0 bridgehead atoms. The topological polar surface area (TPSA) is 62.5 Å². The molecule has 2 heterocycles. The summed E-state index contributed by atoms with van der Waals surface area (Å²) >= 11 is 1.72. The van der Waals surface area contributed by atoms with Crippen molar-refractivity contribution >= 4 is 11.8 Å². The zero-order chi connectivity index (χ0) is 38.6. The summed E-state index contributed by atoms with van der Waals surface area (Å²) in [5.41, 5.74) is 14.7. The number of rotatable bonds is 5. The molecule has 0 saturated heterocycles. The second-order valence-corrected chi connectivity index (χ2v) is 15.6. The molecule has 4 nitrogen and oxygen atoms in total. The Bertz CT molecular complexity index is 3010. The molecule has 0 N–H and O–H groups in total. The summed E-state index contributed by atoms with van der Waals surface area (Å²) in [5.74, 6) is 1.89. The van der Waals surface area contributed by atoms with Crippen molar-refractivity contribution in [1.82, 2.24) is 15.0 Å². The first kappa shape index (κ1) is 33.9. The Labute approximate surface area is 341 Å². The van der Waals surface area contributed by atoms with Crippen molar-refractivity contribution in [3.63, 3.8) is 0 Å². The molecule has 2 aliphatic rings. The minimum Gasteiger partial charge on any atom is -0.208 e. The molecule has 11 rings (SSSR count). The summed E-state index contributed by atoms with van der Waals surface area (Å²) < 4.78 is 0. The van der Waals surface area contributed by atoms with Crippen LogP contribution in [0.5, 0.6) is 0 Å². The Kier molecular flexibility index (Phi) is 7.99. The van der Waals surface area contributed by atoms with Crippen LogP contribution in [0, 0.1) is 11.3 Å². The highest BCUT2D eigenvalue weighted by atomic mass is 32.2. The SMILES string of the molecule is N#Cc1cccc2c1Sc1c(-c3cccc(-c4cccc(-c5nc(-c6ccccc6)nc(-c6ccccc6)n5)c4)c3)cccc1C21c2ccccc2-c2ccccc21. The number of fused-ring (bicyclic) bond motifs is 9. The Morgan fingerprint density at radius 3 is 1.38 bits per heavy atom. The zero-order valence-corrected chi connectivity index (χ0v) is 32.0. The van der Waals surface area contributed by atoms with Gasteiger partial charge in [-0.1, -0.05) is 188 Å². The molecule has 5 heteroatoms. The lowest BCUT2D eigenvalue weighted by atomic mass is 9.66. The van der Waals surface area contributed by atoms with Crippen LogP contribution in [0.15, 0.2) is 204 Å². The van der Waals surface area contributed by atoms with Crippen molar-refractivity contribution < 1.29 is 0 Å². The Hall–Kier alpha value is -7.39. The summed E-state index contributed by atoms with van der Waals surface area (Å²) in [5, 5.41) is 10.5. The summed E-state index contributed by atoms with van der Waals surface area (Å²) in [6, 6.07) is 70.4. The number of hydrogen-bond acceptors (Lipinski definition) is 5. The van der Waals surface area contributed by atoms with Crippen LogP contribution in [0.3, 0.4) is 0 Å². The van der Waals surface area contributed by atoms with Gasteiger partial charge in [0.1, 0.15) is 6.07 Å². The van der Waals surface area contributed by atoms with Gasteiger partial charge in [0, 0.05) is 26.5 Å². The van der Waals surface area contributed by atoms with Gasteiger partial charge in [-0.15, -0.1) is 0 Å². The van der Waals surface area contributed by atoms with E-state index in [9.17, 15) is 5.26 Å². The van der Waals surface area contributed by atoms with Gasteiger partial charge in [-0.25, -0.2) is 15.0 Å². The molecule has 8 aromatic carbocycles. The van der Waals surface area contributed by atoms with Gasteiger partial charge in [0.05, 0.1) is 11.0 Å². The molecule has 9 aromatic rings. The maximum absolute atomic E-state index is 10.5. The minimum atomic E-state index is -0.570. The average molecular weight is 757 g/mol. The minimum absolute atomic E-state index is 0.570. The monoisotopic (exact) mass is 756 g/mol. The van der Waals surface area contributed by atoms with Crippen LogP contribution in [-0.2, 0) is 5.41 Å². The molecule has 0 saturated carbocycles. The fourth-order valence-electron chi connectivity index (χ4n) is 8.90. The zero-order valence-electron chi connectivity index (χ0n) is 31.2. The summed E-state index contributed by atoms with van der Waals surface area (Å²) in [6.07, 6.45) is 0. The third kappa shape index (κ3) is 5.27. The number of nitrogens with zero attached hydrogens (tertiary/aromatic N) is 4. The van der Waals surface area contributed by atoms with E-state index < -0.39 is 5.41 Å². The fourth-order valence-corrected chi connectivity index (χ4v) is 10.3. The number of hydrogen-bond donors (Lipinski definition) is 0. The summed E-state index contributed by atoms with van der Waals surface area (Å²) in [6.45, 7) is 0. The fraction of sp³-hybridized carbons (Fsp3) is 0.0189. The van der Waals surface area contributed by atoms with Gasteiger partial charge in [0.15, 0.2) is 17.5 Å². The lowest BCUT2D eigenvalue weighted by Crippen LogP contribution is -2.32. The molecule has 1 aliphatic carbocycles. The van der Waals surface area contributed by atoms with Crippen LogP contribution >= 0.6 is 11.8 Å². The second-order valence-electron chi connectivity index (χ2n) is 14.6. The van der Waals surface area contributed by atoms with Crippen LogP contribution in [0.4, 0.5) is 0 Å². The van der Waals surface area contributed by atoms with Gasteiger partial charge < -0.3 is 0 Å². The van der Waals surface area contributed by atoms with Crippen molar-refractivity contribution in [2.24, 2.45) is 0 Å². The van der Waals surface area contributed by atoms with Gasteiger partial charge >= 0.3 is 0 Å². The lowest BCUT2D eigenvalue weighted by Gasteiger charge is -2.40. The summed E-state index contributed by atoms with van der Waals surface area (Å²) in [4.78, 5) is 17.1. The van der Waals surface area contributed by atoms with E-state index in [0.717, 1.165) is 49.4 Å². The molecule has 0 radical (unpaired) electrons. The van der Waals surface area contributed by atoms with E-state index in [0.29, 0.717) is 23.0 Å². The molecule has 0 amide bonds. The largest absolute Gasteiger partial charge is 0.208 e. The smallest absolute Gasteiger partial charge is 0.164 e. The van der Waals surface area contributed by atoms with Crippen molar-refractivity contribution in [2.45, 2.75) is 15.2 Å². The van der Waals surface area contributed by atoms with E-state index in [2.05, 4.69) is 127 Å². The van der Waals surface area contributed by atoms with Crippen molar-refractivity contribution in [2.75, 3.05) is 0 Å². The third-order valence-corrected chi connectivity index (χ3v) is 12.7. The van der Waals surface area contributed by atoms with Crippen LogP contribution < -0.4 is 0 Å². The van der Waals surface area contributed by atoms with E-state index in [-0.39, 0.29) is 0 Å². The first-order chi connectivity index (χ1) is 28.7. The predicted octanol–water partition coefficient (Wildman–Crippen LogP) is 12.9. The van der Waals surface area contributed by atoms with Crippen molar-refractivity contribution in [3.05, 3.63) is 222 Å². The molecular weight excluding hydrogens is 725 g/mol. The second kappa shape index (κ2) is 13.7. The Morgan fingerprint density at radius 1 is 0.362 bits per heavy atom. The van der Waals surface area contributed by atoms with E-state index in [4.69, 9.17) is 15.0 Å². The number of benzene rings is 8. The standard InChI is InChI=1S/C53H32N4S/c54-33-40-23-13-29-46-48(40)58-49-41(26-14-30-47(49)53(46)44-27-9-7-24-42(44)43-25-8-10-28-45(43)53)38-21-11-19-36(31-38)37-20-12-22-39(32-37)52-56-50(34-15-3-1-4-16-34)55-51(57-52)35-17-5-2-6-18-35/h1-32H. The molecule has 0 atom stereocenters. The molecule has 58 heavy (non-hydrogen) atoms. The van der Waals surface area contributed by atoms with E-state index in [1.165, 1.54) is 32.7 Å². The first-order valence-electron chi connectivity index (χ1n) is 19.3. The Morgan fingerprint density at radius 2 is 0.776 bits per heavy atom. The quantitative estimate of drug-likeness (QED) is 0.175. The third-order valence-electron chi connectivity index (χ3n) is 11.4. The van der Waals surface area contributed by atoms with Crippen molar-refractivity contribution in [1.29, 1.82) is 5.26 Å². The molecule has 0 fully saturated rings. The average Bonchev–Trinajstić information content (AvgIpc) is 3.60. The van der Waals surface area contributed by atoms with Crippen LogP contribution in [-0.4, -0.2) is 15.0 Å². The lowest BCUT2D eigenvalue weighted by molar-refractivity contribution is 0.722. The maximum atomic E-state index is 10.5. The van der Waals surface area contributed by atoms with Gasteiger partial charge in [-0.2, -0.15) is 5.26 Å². The van der Waals surface area contributed by atoms with E-state index in [1.807, 2.05) is 72.8 Å². The number of nitriles is 1. The highest BCUT2D eigenvalue weighted by Crippen LogP contribution is 2.63. The summed E-state index contributed by atoms with van der Waals surface area (Å²) in [7, 11) is 0. The molecule has 1 aliphatic heterocycles. The van der Waals surface area contributed by atoms with E-state index in [1.54, 1.807) is 11.8 Å². The highest BCUT2D eigenvalue weighted by molar-refractivity contribution is 7.99. The normalized spacial score (nSPS) is 12.9. The van der Waals surface area contributed by atoms with Crippen molar-refractivity contribution in [3.8, 4) is 73.6 Å². The van der Waals surface area contributed by atoms with Gasteiger partial charge in [-0.05, 0) is 73.8 Å². The van der Waals surface area contributed by atoms with Gasteiger partial charge in [-0.3, -0.25) is 0 Å². The number of aromatic nitrogens is 3. The molecule has 0 unspecified atom stereocenters. The molecule has 270 valence electrons. The first-order valence-corrected chi connectivity index (χ1v) is 20.1. The molecule has 1 spiro atoms. The maximum Gasteiger partial charge on any atom is 0.164 e. The highest BCUT2D eigenvalue weighted by Gasteiger charge is 2.51. The Balaban J connectivity index is 1.06. The molecular formula is C53H32N4S. The van der Waals surface area contributed by atoms with Gasteiger partial charge in [0.25, 0.3) is 0 Å². The van der Waals surface area contributed by atoms with Gasteiger partial charge in [0.2, 0.25) is 0 Å². The predicted molar refractivity (Wildman–Crippen MR) is 233 cm³/mol.